The molecule has 0 bridgehead atoms. The van der Waals surface area contributed by atoms with Crippen LogP contribution in [0.25, 0.3) is 11.0 Å². The number of aromatic nitrogens is 2. The van der Waals surface area contributed by atoms with Gasteiger partial charge in [0.15, 0.2) is 0 Å². The van der Waals surface area contributed by atoms with Gasteiger partial charge in [0.05, 0.1) is 27.8 Å². The molecule has 0 saturated carbocycles. The zero-order chi connectivity index (χ0) is 11.9. The van der Waals surface area contributed by atoms with Crippen LogP contribution in [-0.4, -0.2) is 14.5 Å². The number of rotatable bonds is 2. The summed E-state index contributed by atoms with van der Waals surface area (Å²) in [5.41, 5.74) is 2.48. The van der Waals surface area contributed by atoms with Crippen molar-refractivity contribution in [1.29, 1.82) is 0 Å². The van der Waals surface area contributed by atoms with Crippen molar-refractivity contribution in [2.45, 2.75) is 26.8 Å². The molecular weight excluding hydrogens is 206 g/mol. The third-order valence-electron chi connectivity index (χ3n) is 2.71. The first-order chi connectivity index (χ1) is 7.52. The van der Waals surface area contributed by atoms with Gasteiger partial charge in [-0.05, 0) is 26.8 Å². The van der Waals surface area contributed by atoms with Gasteiger partial charge in [0.2, 0.25) is 0 Å². The second-order valence-corrected chi connectivity index (χ2v) is 4.08. The molecule has 1 heterocycles. The summed E-state index contributed by atoms with van der Waals surface area (Å²) in [7, 11) is 0. The molecule has 0 atom stereocenters. The van der Waals surface area contributed by atoms with Crippen LogP contribution in [0, 0.1) is 17.0 Å². The zero-order valence-electron chi connectivity index (χ0n) is 9.47. The summed E-state index contributed by atoms with van der Waals surface area (Å²) in [6.07, 6.45) is 1.73. The largest absolute Gasteiger partial charge is 0.328 e. The van der Waals surface area contributed by atoms with E-state index in [1.807, 2.05) is 18.4 Å². The van der Waals surface area contributed by atoms with E-state index in [2.05, 4.69) is 4.98 Å². The van der Waals surface area contributed by atoms with Gasteiger partial charge < -0.3 is 4.57 Å². The van der Waals surface area contributed by atoms with E-state index in [0.717, 1.165) is 11.0 Å². The molecule has 0 fully saturated rings. The summed E-state index contributed by atoms with van der Waals surface area (Å²) in [6, 6.07) is 3.44. The van der Waals surface area contributed by atoms with Crippen LogP contribution < -0.4 is 0 Å². The maximum atomic E-state index is 10.8. The molecule has 2 aromatic rings. The number of nitrogens with zero attached hydrogens (tertiary/aromatic N) is 3. The molecule has 16 heavy (non-hydrogen) atoms. The lowest BCUT2D eigenvalue weighted by Gasteiger charge is -2.09. The first-order valence-electron chi connectivity index (χ1n) is 5.13. The maximum absolute atomic E-state index is 10.8. The molecule has 0 spiro atoms. The van der Waals surface area contributed by atoms with E-state index in [1.54, 1.807) is 19.3 Å². The van der Waals surface area contributed by atoms with E-state index in [0.29, 0.717) is 5.56 Å². The molecule has 0 saturated heterocycles. The molecule has 2 rings (SSSR count). The third kappa shape index (κ3) is 1.44. The van der Waals surface area contributed by atoms with Crippen LogP contribution in [-0.2, 0) is 0 Å². The van der Waals surface area contributed by atoms with E-state index in [-0.39, 0.29) is 16.7 Å². The second-order valence-electron chi connectivity index (χ2n) is 4.08. The average Bonchev–Trinajstić information content (AvgIpc) is 2.61. The van der Waals surface area contributed by atoms with E-state index in [4.69, 9.17) is 0 Å². The van der Waals surface area contributed by atoms with Crippen LogP contribution in [0.5, 0.6) is 0 Å². The highest BCUT2D eigenvalue weighted by Crippen LogP contribution is 2.28. The first kappa shape index (κ1) is 10.6. The average molecular weight is 219 g/mol. The minimum atomic E-state index is -0.355. The Morgan fingerprint density at radius 1 is 1.44 bits per heavy atom. The SMILES string of the molecule is Cc1c([N+](=O)[O-])ccc2ncn(C(C)C)c12. The molecule has 0 radical (unpaired) electrons. The molecule has 5 nitrogen and oxygen atoms in total. The Balaban J connectivity index is 2.80. The summed E-state index contributed by atoms with van der Waals surface area (Å²) in [5, 5.41) is 10.8. The molecular formula is C11H13N3O2. The number of benzene rings is 1. The van der Waals surface area contributed by atoms with Crippen LogP contribution in [0.3, 0.4) is 0 Å². The summed E-state index contributed by atoms with van der Waals surface area (Å²) in [4.78, 5) is 14.7. The van der Waals surface area contributed by atoms with E-state index in [9.17, 15) is 10.1 Å². The van der Waals surface area contributed by atoms with Crippen LogP contribution in [0.2, 0.25) is 0 Å². The topological polar surface area (TPSA) is 61.0 Å². The van der Waals surface area contributed by atoms with Gasteiger partial charge in [-0.1, -0.05) is 0 Å². The van der Waals surface area contributed by atoms with Crippen molar-refractivity contribution >= 4 is 16.7 Å². The van der Waals surface area contributed by atoms with E-state index >= 15 is 0 Å². The Morgan fingerprint density at radius 2 is 2.12 bits per heavy atom. The Bertz CT molecular complexity index is 558. The Kier molecular flexibility index (Phi) is 2.38. The van der Waals surface area contributed by atoms with Crippen molar-refractivity contribution in [3.05, 3.63) is 34.1 Å². The number of hydrogen-bond donors (Lipinski definition) is 0. The number of nitro benzene ring substituents is 1. The van der Waals surface area contributed by atoms with Gasteiger partial charge in [-0.2, -0.15) is 0 Å². The van der Waals surface area contributed by atoms with E-state index in [1.165, 1.54) is 6.07 Å². The Hall–Kier alpha value is -1.91. The van der Waals surface area contributed by atoms with Gasteiger partial charge in [0, 0.05) is 12.1 Å². The highest BCUT2D eigenvalue weighted by molar-refractivity contribution is 5.82. The number of fused-ring (bicyclic) bond motifs is 1. The van der Waals surface area contributed by atoms with Gasteiger partial charge in [-0.15, -0.1) is 0 Å². The smallest absolute Gasteiger partial charge is 0.274 e. The predicted octanol–water partition coefficient (Wildman–Crippen LogP) is 2.83. The van der Waals surface area contributed by atoms with Gasteiger partial charge in [-0.25, -0.2) is 4.98 Å². The summed E-state index contributed by atoms with van der Waals surface area (Å²) in [6.45, 7) is 5.82. The Morgan fingerprint density at radius 3 is 2.69 bits per heavy atom. The predicted molar refractivity (Wildman–Crippen MR) is 61.5 cm³/mol. The fourth-order valence-corrected chi connectivity index (χ4v) is 1.88. The molecule has 0 amide bonds. The van der Waals surface area contributed by atoms with Crippen molar-refractivity contribution in [2.75, 3.05) is 0 Å². The summed E-state index contributed by atoms with van der Waals surface area (Å²) < 4.78 is 1.96. The van der Waals surface area contributed by atoms with Crippen molar-refractivity contribution in [2.24, 2.45) is 0 Å². The fourth-order valence-electron chi connectivity index (χ4n) is 1.88. The third-order valence-corrected chi connectivity index (χ3v) is 2.71. The lowest BCUT2D eigenvalue weighted by atomic mass is 10.1. The molecule has 5 heteroatoms. The Labute approximate surface area is 92.9 Å². The van der Waals surface area contributed by atoms with Crippen molar-refractivity contribution < 1.29 is 4.92 Å². The van der Waals surface area contributed by atoms with Crippen molar-refractivity contribution in [3.63, 3.8) is 0 Å². The van der Waals surface area contributed by atoms with Gasteiger partial charge >= 0.3 is 0 Å². The minimum absolute atomic E-state index is 0.148. The zero-order valence-corrected chi connectivity index (χ0v) is 9.47. The highest BCUT2D eigenvalue weighted by atomic mass is 16.6. The number of hydrogen-bond acceptors (Lipinski definition) is 3. The number of nitro groups is 1. The van der Waals surface area contributed by atoms with E-state index < -0.39 is 0 Å². The van der Waals surface area contributed by atoms with Crippen molar-refractivity contribution in [3.8, 4) is 0 Å². The fraction of sp³-hybridized carbons (Fsp3) is 0.364. The normalized spacial score (nSPS) is 11.2. The number of imidazole rings is 1. The second kappa shape index (κ2) is 3.59. The van der Waals surface area contributed by atoms with Gasteiger partial charge in [0.25, 0.3) is 5.69 Å². The monoisotopic (exact) mass is 219 g/mol. The highest BCUT2D eigenvalue weighted by Gasteiger charge is 2.17. The molecule has 0 unspecified atom stereocenters. The minimum Gasteiger partial charge on any atom is -0.328 e. The van der Waals surface area contributed by atoms with Crippen LogP contribution in [0.15, 0.2) is 18.5 Å². The molecule has 0 aliphatic carbocycles. The standard InChI is InChI=1S/C11H13N3O2/c1-7(2)13-6-12-9-4-5-10(14(15)16)8(3)11(9)13/h4-7H,1-3H3. The van der Waals surface area contributed by atoms with Crippen molar-refractivity contribution in [1.82, 2.24) is 9.55 Å². The quantitative estimate of drug-likeness (QED) is 0.576. The van der Waals surface area contributed by atoms with Gasteiger partial charge in [-0.3, -0.25) is 10.1 Å². The van der Waals surface area contributed by atoms with Crippen LogP contribution in [0.1, 0.15) is 25.5 Å². The van der Waals surface area contributed by atoms with Crippen LogP contribution >= 0.6 is 0 Å². The molecule has 1 aromatic carbocycles. The van der Waals surface area contributed by atoms with Crippen LogP contribution in [0.4, 0.5) is 5.69 Å². The molecule has 84 valence electrons. The first-order valence-corrected chi connectivity index (χ1v) is 5.13. The number of aryl methyl sites for hydroxylation is 1. The molecule has 0 aliphatic rings. The molecule has 1 aromatic heterocycles. The molecule has 0 N–H and O–H groups in total. The maximum Gasteiger partial charge on any atom is 0.274 e. The lowest BCUT2D eigenvalue weighted by molar-refractivity contribution is -0.385. The summed E-state index contributed by atoms with van der Waals surface area (Å²) in [5.74, 6) is 0. The lowest BCUT2D eigenvalue weighted by Crippen LogP contribution is -2.01. The summed E-state index contributed by atoms with van der Waals surface area (Å²) >= 11 is 0. The van der Waals surface area contributed by atoms with Gasteiger partial charge in [0.1, 0.15) is 0 Å². The molecule has 0 aliphatic heterocycles.